The van der Waals surface area contributed by atoms with Crippen molar-refractivity contribution in [3.63, 3.8) is 0 Å². The zero-order valence-corrected chi connectivity index (χ0v) is 17.9. The molecule has 1 atom stereocenters. The van der Waals surface area contributed by atoms with Gasteiger partial charge < -0.3 is 4.90 Å². The zero-order chi connectivity index (χ0) is 20.5. The second-order valence-corrected chi connectivity index (χ2v) is 9.01. The highest BCUT2D eigenvalue weighted by Crippen LogP contribution is 2.27. The van der Waals surface area contributed by atoms with Crippen LogP contribution in [0, 0.1) is 5.82 Å². The van der Waals surface area contributed by atoms with Gasteiger partial charge in [0.15, 0.2) is 0 Å². The molecule has 0 bridgehead atoms. The second kappa shape index (κ2) is 8.28. The predicted molar refractivity (Wildman–Crippen MR) is 119 cm³/mol. The number of aromatic nitrogens is 2. The van der Waals surface area contributed by atoms with Crippen LogP contribution in [0.1, 0.15) is 22.6 Å². The molecular weight excluding hydrogens is 395 g/mol. The molecule has 2 aliphatic rings. The van der Waals surface area contributed by atoms with Crippen molar-refractivity contribution in [1.29, 1.82) is 0 Å². The molecule has 4 nitrogen and oxygen atoms in total. The lowest BCUT2D eigenvalue weighted by Gasteiger charge is -2.41. The molecule has 30 heavy (non-hydrogen) atoms. The smallest absolute Gasteiger partial charge is 0.123 e. The van der Waals surface area contributed by atoms with Gasteiger partial charge >= 0.3 is 0 Å². The van der Waals surface area contributed by atoms with Crippen LogP contribution >= 0.6 is 11.3 Å². The van der Waals surface area contributed by atoms with Gasteiger partial charge in [-0.25, -0.2) is 9.37 Å². The van der Waals surface area contributed by atoms with Crippen LogP contribution in [-0.4, -0.2) is 52.5 Å². The molecule has 1 saturated heterocycles. The molecule has 0 spiro atoms. The summed E-state index contributed by atoms with van der Waals surface area (Å²) >= 11 is 1.73. The summed E-state index contributed by atoms with van der Waals surface area (Å²) in [7, 11) is 2.21. The van der Waals surface area contributed by atoms with Crippen molar-refractivity contribution in [2.24, 2.45) is 0 Å². The Bertz CT molecular complexity index is 1150. The van der Waals surface area contributed by atoms with Gasteiger partial charge in [0.05, 0.1) is 16.6 Å². The number of hydrogen-bond donors (Lipinski definition) is 0. The van der Waals surface area contributed by atoms with E-state index in [1.54, 1.807) is 23.5 Å². The summed E-state index contributed by atoms with van der Waals surface area (Å²) in [5.41, 5.74) is 5.41. The van der Waals surface area contributed by atoms with E-state index >= 15 is 0 Å². The average molecular weight is 421 g/mol. The van der Waals surface area contributed by atoms with E-state index in [-0.39, 0.29) is 5.82 Å². The Morgan fingerprint density at radius 1 is 1.13 bits per heavy atom. The molecule has 3 aromatic rings. The van der Waals surface area contributed by atoms with Crippen LogP contribution in [0.25, 0.3) is 11.8 Å². The van der Waals surface area contributed by atoms with Gasteiger partial charge in [-0.15, -0.1) is 11.3 Å². The Morgan fingerprint density at radius 2 is 2.00 bits per heavy atom. The fourth-order valence-electron chi connectivity index (χ4n) is 4.45. The summed E-state index contributed by atoms with van der Waals surface area (Å²) in [6.45, 7) is 2.91. The molecule has 3 heterocycles. The van der Waals surface area contributed by atoms with Crippen molar-refractivity contribution in [1.82, 2.24) is 19.8 Å². The number of aryl methyl sites for hydroxylation is 1. The van der Waals surface area contributed by atoms with Crippen molar-refractivity contribution < 1.29 is 4.39 Å². The van der Waals surface area contributed by atoms with Crippen LogP contribution in [0.15, 0.2) is 48.1 Å². The highest BCUT2D eigenvalue weighted by Gasteiger charge is 2.29. The molecule has 1 aliphatic heterocycles. The minimum atomic E-state index is -0.175. The lowest BCUT2D eigenvalue weighted by Crippen LogP contribution is -2.52. The summed E-state index contributed by atoms with van der Waals surface area (Å²) in [4.78, 5) is 15.8. The van der Waals surface area contributed by atoms with E-state index in [9.17, 15) is 4.39 Å². The number of likely N-dealkylation sites (N-methyl/N-ethyl adjacent to an activating group) is 1. The number of piperazine rings is 1. The van der Waals surface area contributed by atoms with Gasteiger partial charge in [-0.1, -0.05) is 24.3 Å². The van der Waals surface area contributed by atoms with E-state index in [2.05, 4.69) is 29.0 Å². The van der Waals surface area contributed by atoms with E-state index in [0.29, 0.717) is 6.04 Å². The molecule has 0 radical (unpaired) electrons. The normalized spacial score (nSPS) is 19.1. The summed E-state index contributed by atoms with van der Waals surface area (Å²) in [6, 6.07) is 11.5. The fraction of sp³-hybridized carbons (Fsp3) is 0.333. The molecule has 0 amide bonds. The van der Waals surface area contributed by atoms with E-state index < -0.39 is 0 Å². The van der Waals surface area contributed by atoms with Crippen LogP contribution in [0.4, 0.5) is 4.39 Å². The number of halogens is 1. The molecule has 1 aromatic carbocycles. The topological polar surface area (TPSA) is 32.3 Å². The lowest BCUT2D eigenvalue weighted by molar-refractivity contribution is 0.127. The van der Waals surface area contributed by atoms with E-state index in [1.165, 1.54) is 21.4 Å². The third kappa shape index (κ3) is 3.77. The molecule has 0 saturated carbocycles. The molecule has 2 aromatic heterocycles. The number of rotatable bonds is 4. The Balaban J connectivity index is 1.45. The van der Waals surface area contributed by atoms with E-state index in [0.717, 1.165) is 49.9 Å². The maximum Gasteiger partial charge on any atom is 0.123 e. The first-order valence-corrected chi connectivity index (χ1v) is 11.3. The summed E-state index contributed by atoms with van der Waals surface area (Å²) in [6.07, 6.45) is 7.05. The van der Waals surface area contributed by atoms with Gasteiger partial charge in [-0.05, 0) is 48.9 Å². The van der Waals surface area contributed by atoms with Gasteiger partial charge in [0.25, 0.3) is 0 Å². The van der Waals surface area contributed by atoms with Crippen molar-refractivity contribution in [3.05, 3.63) is 80.6 Å². The number of fused-ring (bicyclic) bond motifs is 2. The average Bonchev–Trinajstić information content (AvgIpc) is 3.16. The third-order valence-corrected chi connectivity index (χ3v) is 7.06. The van der Waals surface area contributed by atoms with Crippen LogP contribution in [0.2, 0.25) is 0 Å². The standard InChI is InChI=1S/C24H25FN4S/c1-28-13-14-29(15-20(28)10-6-17-4-8-19(25)9-5-17)24-22-18(3-2-12-26-22)7-11-21-23(24)27-16-30-21/h2-5,7-9,12,16,20H,6,10-11,13-15H2,1H3. The van der Waals surface area contributed by atoms with Gasteiger partial charge in [-0.2, -0.15) is 0 Å². The highest BCUT2D eigenvalue weighted by molar-refractivity contribution is 7.09. The van der Waals surface area contributed by atoms with Gasteiger partial charge in [0, 0.05) is 43.2 Å². The quantitative estimate of drug-likeness (QED) is 0.649. The van der Waals surface area contributed by atoms with Gasteiger partial charge in [0.2, 0.25) is 0 Å². The SMILES string of the molecule is CN1CCN(C2=c3ncccc3=CCc3scnc32)CC1CCc1ccc(F)cc1. The van der Waals surface area contributed by atoms with Crippen molar-refractivity contribution >= 4 is 23.1 Å². The molecule has 0 N–H and O–H groups in total. The number of thiazole rings is 1. The second-order valence-electron chi connectivity index (χ2n) is 8.07. The van der Waals surface area contributed by atoms with Crippen molar-refractivity contribution in [2.75, 3.05) is 26.7 Å². The number of hydrogen-bond acceptors (Lipinski definition) is 5. The zero-order valence-electron chi connectivity index (χ0n) is 17.1. The minimum absolute atomic E-state index is 0.175. The first kappa shape index (κ1) is 19.4. The third-order valence-electron chi connectivity index (χ3n) is 6.21. The van der Waals surface area contributed by atoms with Crippen LogP contribution in [0.5, 0.6) is 0 Å². The molecular formula is C24H25FN4S. The van der Waals surface area contributed by atoms with Crippen molar-refractivity contribution in [2.45, 2.75) is 25.3 Å². The van der Waals surface area contributed by atoms with E-state index in [4.69, 9.17) is 9.97 Å². The first-order valence-electron chi connectivity index (χ1n) is 10.5. The Hall–Kier alpha value is -2.57. The monoisotopic (exact) mass is 420 g/mol. The molecule has 6 heteroatoms. The number of pyridine rings is 1. The van der Waals surface area contributed by atoms with Crippen molar-refractivity contribution in [3.8, 4) is 0 Å². The highest BCUT2D eigenvalue weighted by atomic mass is 32.1. The molecule has 1 aliphatic carbocycles. The van der Waals surface area contributed by atoms with Crippen LogP contribution < -0.4 is 10.6 Å². The minimum Gasteiger partial charge on any atom is -0.365 e. The maximum atomic E-state index is 13.2. The molecule has 1 unspecified atom stereocenters. The maximum absolute atomic E-state index is 13.2. The largest absolute Gasteiger partial charge is 0.365 e. The Labute approximate surface area is 180 Å². The molecule has 1 fully saturated rings. The fourth-order valence-corrected chi connectivity index (χ4v) is 5.17. The lowest BCUT2D eigenvalue weighted by atomic mass is 10.0. The number of benzene rings is 1. The number of nitrogens with zero attached hydrogens (tertiary/aromatic N) is 4. The van der Waals surface area contributed by atoms with E-state index in [1.807, 2.05) is 29.9 Å². The van der Waals surface area contributed by atoms with Gasteiger partial charge in [-0.3, -0.25) is 9.88 Å². The van der Waals surface area contributed by atoms with Crippen LogP contribution in [0.3, 0.4) is 0 Å². The molecule has 154 valence electrons. The Kier molecular flexibility index (Phi) is 5.35. The predicted octanol–water partition coefficient (Wildman–Crippen LogP) is 2.42. The Morgan fingerprint density at radius 3 is 2.87 bits per heavy atom. The van der Waals surface area contributed by atoms with Gasteiger partial charge in [0.1, 0.15) is 11.5 Å². The molecule has 5 rings (SSSR count). The summed E-state index contributed by atoms with van der Waals surface area (Å²) < 4.78 is 13.2. The first-order chi connectivity index (χ1) is 14.7. The summed E-state index contributed by atoms with van der Waals surface area (Å²) in [5.74, 6) is -0.175. The van der Waals surface area contributed by atoms with Crippen LogP contribution in [-0.2, 0) is 12.8 Å². The summed E-state index contributed by atoms with van der Waals surface area (Å²) in [5, 5.41) is 2.24.